The van der Waals surface area contributed by atoms with Crippen LogP contribution in [0.2, 0.25) is 0 Å². The second-order valence-corrected chi connectivity index (χ2v) is 2.60. The number of hydrogen-bond donors (Lipinski definition) is 1. The number of carbonyl (C=O) groups is 1. The molecule has 1 aromatic rings. The maximum absolute atomic E-state index is 10.7. The van der Waals surface area contributed by atoms with Gasteiger partial charge in [0.2, 0.25) is 0 Å². The van der Waals surface area contributed by atoms with Gasteiger partial charge in [-0.15, -0.1) is 6.42 Å². The standard InChI is InChI=1S/C10H9NO3/c1-3-7(2)14-9-4-5-11-6-8(9)10(12)13/h1,4-7H,2H3,(H,12,13). The molecule has 1 unspecified atom stereocenters. The van der Waals surface area contributed by atoms with Gasteiger partial charge in [0.15, 0.2) is 6.10 Å². The third kappa shape index (κ3) is 2.23. The largest absolute Gasteiger partial charge is 0.477 e. The van der Waals surface area contributed by atoms with Crippen LogP contribution in [0.15, 0.2) is 18.5 Å². The van der Waals surface area contributed by atoms with E-state index in [1.807, 2.05) is 0 Å². The number of carboxylic acids is 1. The third-order valence-corrected chi connectivity index (χ3v) is 1.55. The number of pyridine rings is 1. The number of hydrogen-bond acceptors (Lipinski definition) is 3. The molecule has 4 heteroatoms. The zero-order valence-electron chi connectivity index (χ0n) is 7.60. The summed E-state index contributed by atoms with van der Waals surface area (Å²) in [6, 6.07) is 1.47. The van der Waals surface area contributed by atoms with Crippen LogP contribution in [0.4, 0.5) is 0 Å². The summed E-state index contributed by atoms with van der Waals surface area (Å²) in [4.78, 5) is 14.4. The molecule has 0 amide bonds. The number of aromatic carboxylic acids is 1. The minimum atomic E-state index is -1.09. The molecule has 0 aliphatic rings. The molecule has 1 atom stereocenters. The van der Waals surface area contributed by atoms with Gasteiger partial charge in [0.05, 0.1) is 0 Å². The van der Waals surface area contributed by atoms with E-state index >= 15 is 0 Å². The maximum Gasteiger partial charge on any atom is 0.341 e. The molecule has 1 rings (SSSR count). The molecule has 0 aromatic carbocycles. The fourth-order valence-corrected chi connectivity index (χ4v) is 0.870. The first-order valence-corrected chi connectivity index (χ1v) is 3.95. The summed E-state index contributed by atoms with van der Waals surface area (Å²) in [6.45, 7) is 1.66. The van der Waals surface area contributed by atoms with E-state index in [4.69, 9.17) is 16.3 Å². The number of aromatic nitrogens is 1. The first-order valence-electron chi connectivity index (χ1n) is 3.95. The zero-order chi connectivity index (χ0) is 10.6. The topological polar surface area (TPSA) is 59.4 Å². The number of terminal acetylenes is 1. The Bertz CT molecular complexity index is 381. The molecule has 0 saturated heterocycles. The van der Waals surface area contributed by atoms with Crippen molar-refractivity contribution in [1.82, 2.24) is 4.98 Å². The lowest BCUT2D eigenvalue weighted by molar-refractivity contribution is 0.0691. The number of nitrogens with zero attached hydrogens (tertiary/aromatic N) is 1. The molecule has 0 saturated carbocycles. The van der Waals surface area contributed by atoms with E-state index in [1.165, 1.54) is 18.5 Å². The molecule has 0 radical (unpaired) electrons. The maximum atomic E-state index is 10.7. The lowest BCUT2D eigenvalue weighted by atomic mass is 10.2. The van der Waals surface area contributed by atoms with Crippen LogP contribution < -0.4 is 4.74 Å². The van der Waals surface area contributed by atoms with Crippen molar-refractivity contribution in [2.75, 3.05) is 0 Å². The first-order chi connectivity index (χ1) is 6.65. The van der Waals surface area contributed by atoms with Crippen molar-refractivity contribution in [2.45, 2.75) is 13.0 Å². The fourth-order valence-electron chi connectivity index (χ4n) is 0.870. The molecule has 0 aliphatic carbocycles. The van der Waals surface area contributed by atoms with Crippen molar-refractivity contribution < 1.29 is 14.6 Å². The van der Waals surface area contributed by atoms with Crippen LogP contribution in [0.3, 0.4) is 0 Å². The van der Waals surface area contributed by atoms with Gasteiger partial charge < -0.3 is 9.84 Å². The molecule has 14 heavy (non-hydrogen) atoms. The van der Waals surface area contributed by atoms with Crippen LogP contribution in [0.25, 0.3) is 0 Å². The Morgan fingerprint density at radius 1 is 1.79 bits per heavy atom. The van der Waals surface area contributed by atoms with Crippen LogP contribution in [-0.2, 0) is 0 Å². The highest BCUT2D eigenvalue weighted by molar-refractivity contribution is 5.90. The summed E-state index contributed by atoms with van der Waals surface area (Å²) in [7, 11) is 0. The van der Waals surface area contributed by atoms with Gasteiger partial charge in [-0.1, -0.05) is 5.92 Å². The molecule has 1 aromatic heterocycles. The van der Waals surface area contributed by atoms with Crippen molar-refractivity contribution in [2.24, 2.45) is 0 Å². The number of ether oxygens (including phenoxy) is 1. The Labute approximate surface area is 81.5 Å². The van der Waals surface area contributed by atoms with E-state index in [2.05, 4.69) is 10.9 Å². The van der Waals surface area contributed by atoms with Crippen LogP contribution in [0, 0.1) is 12.3 Å². The Balaban J connectivity index is 2.97. The molecular formula is C10H9NO3. The quantitative estimate of drug-likeness (QED) is 0.729. The van der Waals surface area contributed by atoms with Crippen LogP contribution in [0.1, 0.15) is 17.3 Å². The van der Waals surface area contributed by atoms with Gasteiger partial charge in [-0.05, 0) is 13.0 Å². The summed E-state index contributed by atoms with van der Waals surface area (Å²) >= 11 is 0. The lowest BCUT2D eigenvalue weighted by Crippen LogP contribution is -2.11. The minimum Gasteiger partial charge on any atom is -0.477 e. The summed E-state index contributed by atoms with van der Waals surface area (Å²) in [5.41, 5.74) is 0.00889. The molecule has 0 aliphatic heterocycles. The van der Waals surface area contributed by atoms with Crippen LogP contribution in [0.5, 0.6) is 5.75 Å². The Morgan fingerprint density at radius 2 is 2.50 bits per heavy atom. The Hall–Kier alpha value is -2.02. The smallest absolute Gasteiger partial charge is 0.341 e. The van der Waals surface area contributed by atoms with E-state index in [0.717, 1.165) is 0 Å². The van der Waals surface area contributed by atoms with Crippen LogP contribution >= 0.6 is 0 Å². The van der Waals surface area contributed by atoms with Crippen molar-refractivity contribution >= 4 is 5.97 Å². The highest BCUT2D eigenvalue weighted by Gasteiger charge is 2.12. The molecule has 1 N–H and O–H groups in total. The SMILES string of the molecule is C#CC(C)Oc1ccncc1C(=O)O. The van der Waals surface area contributed by atoms with E-state index in [0.29, 0.717) is 0 Å². The number of carboxylic acid groups (broad SMARTS) is 1. The molecule has 0 spiro atoms. The monoisotopic (exact) mass is 191 g/mol. The van der Waals surface area contributed by atoms with Crippen molar-refractivity contribution in [3.63, 3.8) is 0 Å². The van der Waals surface area contributed by atoms with Crippen molar-refractivity contribution in [3.05, 3.63) is 24.0 Å². The summed E-state index contributed by atoms with van der Waals surface area (Å²) in [6.07, 6.45) is 7.32. The molecule has 1 heterocycles. The van der Waals surface area contributed by atoms with Gasteiger partial charge in [0.1, 0.15) is 11.3 Å². The molecule has 4 nitrogen and oxygen atoms in total. The first kappa shape index (κ1) is 10.1. The highest BCUT2D eigenvalue weighted by atomic mass is 16.5. The zero-order valence-corrected chi connectivity index (χ0v) is 7.60. The predicted molar refractivity (Wildman–Crippen MR) is 50.1 cm³/mol. The van der Waals surface area contributed by atoms with Gasteiger partial charge in [-0.25, -0.2) is 4.79 Å². The number of rotatable bonds is 3. The van der Waals surface area contributed by atoms with Crippen molar-refractivity contribution in [1.29, 1.82) is 0 Å². The Morgan fingerprint density at radius 3 is 3.07 bits per heavy atom. The summed E-state index contributed by atoms with van der Waals surface area (Å²) in [5.74, 6) is 1.49. The highest BCUT2D eigenvalue weighted by Crippen LogP contribution is 2.17. The van der Waals surface area contributed by atoms with E-state index in [9.17, 15) is 4.79 Å². The molecular weight excluding hydrogens is 182 g/mol. The van der Waals surface area contributed by atoms with Gasteiger partial charge in [0, 0.05) is 12.4 Å². The normalized spacial score (nSPS) is 11.4. The van der Waals surface area contributed by atoms with Gasteiger partial charge in [-0.2, -0.15) is 0 Å². The minimum absolute atomic E-state index is 0.00889. The average molecular weight is 191 g/mol. The van der Waals surface area contributed by atoms with Gasteiger partial charge in [-0.3, -0.25) is 4.98 Å². The molecule has 0 bridgehead atoms. The molecule has 0 fully saturated rings. The average Bonchev–Trinajstić information content (AvgIpc) is 2.18. The van der Waals surface area contributed by atoms with Crippen molar-refractivity contribution in [3.8, 4) is 18.1 Å². The molecule has 72 valence electrons. The van der Waals surface area contributed by atoms with Gasteiger partial charge >= 0.3 is 5.97 Å². The van der Waals surface area contributed by atoms with E-state index < -0.39 is 12.1 Å². The van der Waals surface area contributed by atoms with E-state index in [-0.39, 0.29) is 11.3 Å². The fraction of sp³-hybridized carbons (Fsp3) is 0.200. The second kappa shape index (κ2) is 4.28. The predicted octanol–water partition coefficient (Wildman–Crippen LogP) is 1.18. The van der Waals surface area contributed by atoms with Crippen LogP contribution in [-0.4, -0.2) is 22.2 Å². The van der Waals surface area contributed by atoms with E-state index in [1.54, 1.807) is 6.92 Å². The van der Waals surface area contributed by atoms with Gasteiger partial charge in [0.25, 0.3) is 0 Å². The lowest BCUT2D eigenvalue weighted by Gasteiger charge is -2.10. The summed E-state index contributed by atoms with van der Waals surface area (Å²) in [5, 5.41) is 8.78. The summed E-state index contributed by atoms with van der Waals surface area (Å²) < 4.78 is 5.20. The second-order valence-electron chi connectivity index (χ2n) is 2.60. The Kier molecular flexibility index (Phi) is 3.08. The third-order valence-electron chi connectivity index (χ3n) is 1.55.